The van der Waals surface area contributed by atoms with Gasteiger partial charge in [0, 0.05) is 5.02 Å². The second kappa shape index (κ2) is 4.69. The van der Waals surface area contributed by atoms with Crippen LogP contribution in [0.4, 0.5) is 0 Å². The first-order valence-electron chi connectivity index (χ1n) is 4.77. The molecule has 88 valence electrons. The van der Waals surface area contributed by atoms with Gasteiger partial charge in [0.1, 0.15) is 0 Å². The maximum absolute atomic E-state index is 12.3. The second-order valence-corrected chi connectivity index (χ2v) is 6.15. The number of halogens is 2. The monoisotopic (exact) mass is 286 g/mol. The average Bonchev–Trinajstić information content (AvgIpc) is 2.29. The Balaban J connectivity index is 2.63. The average molecular weight is 287 g/mol. The highest BCUT2D eigenvalue weighted by Gasteiger charge is 2.20. The standard InChI is InChI=1S/C12H8Cl2O2S/c13-9-4-3-5-10(8-9)17(15,16)12-7-2-1-6-11(12)14/h1-8H. The van der Waals surface area contributed by atoms with Crippen LogP contribution in [0.15, 0.2) is 58.3 Å². The molecule has 0 heterocycles. The molecule has 0 atom stereocenters. The highest BCUT2D eigenvalue weighted by atomic mass is 35.5. The molecular formula is C12H8Cl2O2S. The van der Waals surface area contributed by atoms with Crippen LogP contribution in [0.3, 0.4) is 0 Å². The van der Waals surface area contributed by atoms with Gasteiger partial charge in [-0.15, -0.1) is 0 Å². The Morgan fingerprint density at radius 1 is 0.882 bits per heavy atom. The zero-order valence-electron chi connectivity index (χ0n) is 8.60. The molecule has 5 heteroatoms. The Labute approximate surface area is 110 Å². The van der Waals surface area contributed by atoms with Crippen molar-refractivity contribution < 1.29 is 8.42 Å². The lowest BCUT2D eigenvalue weighted by Crippen LogP contribution is -2.02. The molecule has 0 N–H and O–H groups in total. The van der Waals surface area contributed by atoms with E-state index in [1.165, 1.54) is 18.2 Å². The molecule has 2 aromatic rings. The fraction of sp³-hybridized carbons (Fsp3) is 0. The summed E-state index contributed by atoms with van der Waals surface area (Å²) in [5.74, 6) is 0. The summed E-state index contributed by atoms with van der Waals surface area (Å²) in [6.45, 7) is 0. The van der Waals surface area contributed by atoms with Gasteiger partial charge in [0.2, 0.25) is 9.84 Å². The molecule has 2 aromatic carbocycles. The molecule has 2 rings (SSSR count). The lowest BCUT2D eigenvalue weighted by molar-refractivity contribution is 0.596. The molecule has 0 bridgehead atoms. The normalized spacial score (nSPS) is 11.4. The van der Waals surface area contributed by atoms with E-state index in [0.717, 1.165) is 0 Å². The Hall–Kier alpha value is -1.03. The summed E-state index contributed by atoms with van der Waals surface area (Å²) in [5, 5.41) is 0.575. The predicted molar refractivity (Wildman–Crippen MR) is 68.4 cm³/mol. The van der Waals surface area contributed by atoms with E-state index in [-0.39, 0.29) is 14.8 Å². The van der Waals surface area contributed by atoms with Crippen LogP contribution in [0, 0.1) is 0 Å². The molecule has 0 aliphatic carbocycles. The molecule has 0 fully saturated rings. The lowest BCUT2D eigenvalue weighted by Gasteiger charge is -2.06. The van der Waals surface area contributed by atoms with Crippen LogP contribution in [-0.4, -0.2) is 8.42 Å². The largest absolute Gasteiger partial charge is 0.218 e. The van der Waals surface area contributed by atoms with Gasteiger partial charge < -0.3 is 0 Å². The van der Waals surface area contributed by atoms with E-state index in [4.69, 9.17) is 23.2 Å². The van der Waals surface area contributed by atoms with Crippen LogP contribution in [0.5, 0.6) is 0 Å². The summed E-state index contributed by atoms with van der Waals surface area (Å²) in [6, 6.07) is 12.4. The van der Waals surface area contributed by atoms with Gasteiger partial charge in [-0.3, -0.25) is 0 Å². The number of hydrogen-bond acceptors (Lipinski definition) is 2. The van der Waals surface area contributed by atoms with Crippen LogP contribution in [0.25, 0.3) is 0 Å². The summed E-state index contributed by atoms with van der Waals surface area (Å²) in [7, 11) is -3.61. The lowest BCUT2D eigenvalue weighted by atomic mass is 10.4. The van der Waals surface area contributed by atoms with Gasteiger partial charge in [0.05, 0.1) is 14.8 Å². The topological polar surface area (TPSA) is 34.1 Å². The van der Waals surface area contributed by atoms with Crippen LogP contribution in [-0.2, 0) is 9.84 Å². The van der Waals surface area contributed by atoms with Crippen molar-refractivity contribution in [2.75, 3.05) is 0 Å². The van der Waals surface area contributed by atoms with Crippen molar-refractivity contribution in [3.63, 3.8) is 0 Å². The second-order valence-electron chi connectivity index (χ2n) is 3.39. The molecule has 0 spiro atoms. The SMILES string of the molecule is O=S(=O)(c1cccc(Cl)c1)c1ccccc1Cl. The predicted octanol–water partition coefficient (Wildman–Crippen LogP) is 3.83. The summed E-state index contributed by atoms with van der Waals surface area (Å²) < 4.78 is 24.5. The molecule has 0 saturated heterocycles. The van der Waals surface area contributed by atoms with Gasteiger partial charge in [0.15, 0.2) is 0 Å². The highest BCUT2D eigenvalue weighted by Crippen LogP contribution is 2.28. The molecule has 0 amide bonds. The smallest absolute Gasteiger partial charge is 0.208 e. The van der Waals surface area contributed by atoms with Crippen molar-refractivity contribution in [3.8, 4) is 0 Å². The van der Waals surface area contributed by atoms with Gasteiger partial charge in [-0.2, -0.15) is 0 Å². The molecular weight excluding hydrogens is 279 g/mol. The van der Waals surface area contributed by atoms with Crippen LogP contribution < -0.4 is 0 Å². The van der Waals surface area contributed by atoms with E-state index in [1.807, 2.05) is 0 Å². The van der Waals surface area contributed by atoms with Gasteiger partial charge >= 0.3 is 0 Å². The Kier molecular flexibility index (Phi) is 3.43. The maximum atomic E-state index is 12.3. The van der Waals surface area contributed by atoms with E-state index in [2.05, 4.69) is 0 Å². The molecule has 0 aromatic heterocycles. The third-order valence-electron chi connectivity index (χ3n) is 2.23. The first-order chi connectivity index (χ1) is 8.01. The minimum absolute atomic E-state index is 0.0870. The number of rotatable bonds is 2. The Morgan fingerprint density at radius 2 is 1.59 bits per heavy atom. The van der Waals surface area contributed by atoms with Crippen LogP contribution >= 0.6 is 23.2 Å². The third-order valence-corrected chi connectivity index (χ3v) is 4.72. The summed E-state index contributed by atoms with van der Waals surface area (Å²) in [4.78, 5) is 0.224. The van der Waals surface area contributed by atoms with E-state index >= 15 is 0 Å². The van der Waals surface area contributed by atoms with Crippen LogP contribution in [0.1, 0.15) is 0 Å². The van der Waals surface area contributed by atoms with E-state index < -0.39 is 9.84 Å². The number of sulfone groups is 1. The molecule has 17 heavy (non-hydrogen) atoms. The van der Waals surface area contributed by atoms with E-state index in [1.54, 1.807) is 30.3 Å². The summed E-state index contributed by atoms with van der Waals surface area (Å²) in [6.07, 6.45) is 0. The molecule has 0 saturated carbocycles. The Morgan fingerprint density at radius 3 is 2.24 bits per heavy atom. The number of hydrogen-bond donors (Lipinski definition) is 0. The molecule has 0 aliphatic rings. The maximum Gasteiger partial charge on any atom is 0.208 e. The van der Waals surface area contributed by atoms with Crippen molar-refractivity contribution >= 4 is 33.0 Å². The first-order valence-corrected chi connectivity index (χ1v) is 7.01. The number of benzene rings is 2. The van der Waals surface area contributed by atoms with Crippen LogP contribution in [0.2, 0.25) is 10.0 Å². The first kappa shape index (κ1) is 12.4. The fourth-order valence-electron chi connectivity index (χ4n) is 1.42. The van der Waals surface area contributed by atoms with Crippen molar-refractivity contribution in [3.05, 3.63) is 58.6 Å². The Bertz CT molecular complexity index is 651. The molecule has 0 radical (unpaired) electrons. The highest BCUT2D eigenvalue weighted by molar-refractivity contribution is 7.91. The van der Waals surface area contributed by atoms with E-state index in [9.17, 15) is 8.42 Å². The van der Waals surface area contributed by atoms with Gasteiger partial charge in [0.25, 0.3) is 0 Å². The zero-order valence-corrected chi connectivity index (χ0v) is 10.9. The minimum Gasteiger partial charge on any atom is -0.218 e. The quantitative estimate of drug-likeness (QED) is 0.841. The molecule has 0 unspecified atom stereocenters. The minimum atomic E-state index is -3.61. The van der Waals surface area contributed by atoms with Gasteiger partial charge in [-0.1, -0.05) is 41.4 Å². The van der Waals surface area contributed by atoms with Crippen molar-refractivity contribution in [1.82, 2.24) is 0 Å². The van der Waals surface area contributed by atoms with Crippen molar-refractivity contribution in [2.24, 2.45) is 0 Å². The summed E-state index contributed by atoms with van der Waals surface area (Å²) >= 11 is 11.7. The molecule has 0 aliphatic heterocycles. The van der Waals surface area contributed by atoms with Crippen molar-refractivity contribution in [1.29, 1.82) is 0 Å². The summed E-state index contributed by atoms with van der Waals surface area (Å²) in [5.41, 5.74) is 0. The fourth-order valence-corrected chi connectivity index (χ4v) is 3.50. The molecule has 2 nitrogen and oxygen atoms in total. The zero-order chi connectivity index (χ0) is 12.5. The van der Waals surface area contributed by atoms with E-state index in [0.29, 0.717) is 5.02 Å². The third kappa shape index (κ3) is 2.46. The van der Waals surface area contributed by atoms with Gasteiger partial charge in [-0.05, 0) is 30.3 Å². The van der Waals surface area contributed by atoms with Gasteiger partial charge in [-0.25, -0.2) is 8.42 Å². The van der Waals surface area contributed by atoms with Crippen molar-refractivity contribution in [2.45, 2.75) is 9.79 Å².